The van der Waals surface area contributed by atoms with E-state index in [1.165, 1.54) is 16.7 Å². The second kappa shape index (κ2) is 9.75. The maximum Gasteiger partial charge on any atom is 0.411 e. The standard InChI is InChI=1S/C28H32N2O4/c1-28(2,3)34-27(32)30(4)17-19-14-15-23-21-12-8-9-13-22(21)25(24(23)16-19)18-33-26(31)29-20-10-6-5-7-11-20/h5-7,9-11,13-16,25H,8,12,17-18H2,1-4H3,(H,29,31). The van der Waals surface area contributed by atoms with E-state index in [4.69, 9.17) is 9.47 Å². The van der Waals surface area contributed by atoms with E-state index in [1.54, 1.807) is 11.9 Å². The predicted molar refractivity (Wildman–Crippen MR) is 134 cm³/mol. The van der Waals surface area contributed by atoms with Gasteiger partial charge in [-0.3, -0.25) is 5.32 Å². The maximum absolute atomic E-state index is 12.4. The van der Waals surface area contributed by atoms with Crippen molar-refractivity contribution in [3.63, 3.8) is 0 Å². The molecule has 2 amide bonds. The summed E-state index contributed by atoms with van der Waals surface area (Å²) in [5.74, 6) is -0.0325. The smallest absolute Gasteiger partial charge is 0.411 e. The quantitative estimate of drug-likeness (QED) is 0.553. The van der Waals surface area contributed by atoms with Crippen LogP contribution in [0.15, 0.2) is 66.3 Å². The van der Waals surface area contributed by atoms with E-state index < -0.39 is 11.7 Å². The fourth-order valence-electron chi connectivity index (χ4n) is 4.43. The Labute approximate surface area is 201 Å². The summed E-state index contributed by atoms with van der Waals surface area (Å²) in [5, 5.41) is 2.78. The van der Waals surface area contributed by atoms with Crippen LogP contribution in [0.5, 0.6) is 0 Å². The van der Waals surface area contributed by atoms with Crippen molar-refractivity contribution in [2.45, 2.75) is 51.7 Å². The van der Waals surface area contributed by atoms with Crippen molar-refractivity contribution in [1.29, 1.82) is 0 Å². The first-order valence-electron chi connectivity index (χ1n) is 11.7. The monoisotopic (exact) mass is 460 g/mol. The van der Waals surface area contributed by atoms with Gasteiger partial charge in [-0.2, -0.15) is 0 Å². The van der Waals surface area contributed by atoms with E-state index in [0.717, 1.165) is 24.0 Å². The van der Waals surface area contributed by atoms with Gasteiger partial charge in [-0.05, 0) is 73.6 Å². The number of hydrogen-bond donors (Lipinski definition) is 1. The van der Waals surface area contributed by atoms with Crippen LogP contribution in [0.3, 0.4) is 0 Å². The molecule has 0 fully saturated rings. The number of para-hydroxylation sites is 1. The van der Waals surface area contributed by atoms with Gasteiger partial charge in [0.2, 0.25) is 0 Å². The molecule has 0 aliphatic heterocycles. The van der Waals surface area contributed by atoms with Crippen molar-refractivity contribution in [3.8, 4) is 0 Å². The lowest BCUT2D eigenvalue weighted by atomic mass is 9.93. The van der Waals surface area contributed by atoms with E-state index in [0.29, 0.717) is 12.2 Å². The van der Waals surface area contributed by atoms with E-state index in [-0.39, 0.29) is 18.6 Å². The first-order valence-corrected chi connectivity index (χ1v) is 11.7. The first-order chi connectivity index (χ1) is 16.2. The van der Waals surface area contributed by atoms with E-state index in [9.17, 15) is 9.59 Å². The molecule has 2 aliphatic rings. The second-order valence-electron chi connectivity index (χ2n) is 9.78. The van der Waals surface area contributed by atoms with Crippen molar-refractivity contribution >= 4 is 23.4 Å². The summed E-state index contributed by atoms with van der Waals surface area (Å²) in [4.78, 5) is 26.4. The Morgan fingerprint density at radius 3 is 2.62 bits per heavy atom. The predicted octanol–water partition coefficient (Wildman–Crippen LogP) is 6.50. The largest absolute Gasteiger partial charge is 0.448 e. The number of fused-ring (bicyclic) bond motifs is 2. The molecule has 0 radical (unpaired) electrons. The molecule has 0 saturated carbocycles. The molecule has 1 N–H and O–H groups in total. The Bertz CT molecular complexity index is 1130. The van der Waals surface area contributed by atoms with E-state index in [1.807, 2.05) is 51.1 Å². The Morgan fingerprint density at radius 2 is 1.88 bits per heavy atom. The van der Waals surface area contributed by atoms with Crippen molar-refractivity contribution in [3.05, 3.63) is 82.9 Å². The number of carbonyl (C=O) groups excluding carboxylic acids is 2. The van der Waals surface area contributed by atoms with Gasteiger partial charge in [0.15, 0.2) is 0 Å². The number of allylic oxidation sites excluding steroid dienone is 3. The van der Waals surface area contributed by atoms with Gasteiger partial charge in [-0.1, -0.05) is 48.6 Å². The molecule has 2 aromatic carbocycles. The molecule has 0 aromatic heterocycles. The number of amides is 2. The molecule has 0 saturated heterocycles. The maximum atomic E-state index is 12.4. The molecule has 2 aromatic rings. The molecule has 0 spiro atoms. The SMILES string of the molecule is CN(Cc1ccc2c(c1)C(COC(=O)Nc1ccccc1)C1=C2CCC=C1)C(=O)OC(C)(C)C. The molecule has 1 atom stereocenters. The fourth-order valence-corrected chi connectivity index (χ4v) is 4.43. The van der Waals surface area contributed by atoms with Crippen LogP contribution in [0, 0.1) is 0 Å². The summed E-state index contributed by atoms with van der Waals surface area (Å²) in [6.07, 6.45) is 5.49. The summed E-state index contributed by atoms with van der Waals surface area (Å²) >= 11 is 0. The van der Waals surface area contributed by atoms with Crippen LogP contribution in [-0.2, 0) is 16.0 Å². The minimum atomic E-state index is -0.540. The van der Waals surface area contributed by atoms with Crippen molar-refractivity contribution < 1.29 is 19.1 Å². The lowest BCUT2D eigenvalue weighted by molar-refractivity contribution is 0.0285. The zero-order valence-electron chi connectivity index (χ0n) is 20.3. The Morgan fingerprint density at radius 1 is 1.12 bits per heavy atom. The molecule has 4 rings (SSSR count). The lowest BCUT2D eigenvalue weighted by Crippen LogP contribution is -2.33. The van der Waals surface area contributed by atoms with Gasteiger partial charge in [-0.15, -0.1) is 0 Å². The summed E-state index contributed by atoms with van der Waals surface area (Å²) in [5.41, 5.74) is 6.05. The average molecular weight is 461 g/mol. The second-order valence-corrected chi connectivity index (χ2v) is 9.78. The molecule has 1 unspecified atom stereocenters. The van der Waals surface area contributed by atoms with Gasteiger partial charge in [0.25, 0.3) is 0 Å². The van der Waals surface area contributed by atoms with E-state index in [2.05, 4.69) is 35.7 Å². The normalized spacial score (nSPS) is 16.5. The van der Waals surface area contributed by atoms with Crippen LogP contribution < -0.4 is 5.32 Å². The molecule has 0 heterocycles. The topological polar surface area (TPSA) is 67.9 Å². The Hall–Kier alpha value is -3.54. The minimum Gasteiger partial charge on any atom is -0.448 e. The molecule has 0 bridgehead atoms. The summed E-state index contributed by atoms with van der Waals surface area (Å²) in [7, 11) is 1.74. The third kappa shape index (κ3) is 5.50. The van der Waals surface area contributed by atoms with Crippen molar-refractivity contribution in [2.24, 2.45) is 0 Å². The summed E-state index contributed by atoms with van der Waals surface area (Å²) in [6, 6.07) is 15.6. The Balaban J connectivity index is 1.49. The average Bonchev–Trinajstić information content (AvgIpc) is 3.10. The van der Waals surface area contributed by atoms with Crippen LogP contribution in [0.25, 0.3) is 5.57 Å². The van der Waals surface area contributed by atoms with Gasteiger partial charge in [0.05, 0.1) is 0 Å². The number of nitrogens with zero attached hydrogens (tertiary/aromatic N) is 1. The number of nitrogens with one attached hydrogen (secondary N) is 1. The molecular formula is C28H32N2O4. The van der Waals surface area contributed by atoms with Gasteiger partial charge >= 0.3 is 12.2 Å². The highest BCUT2D eigenvalue weighted by Crippen LogP contribution is 2.46. The third-order valence-electron chi connectivity index (χ3n) is 5.93. The minimum absolute atomic E-state index is 0.0325. The van der Waals surface area contributed by atoms with Gasteiger partial charge < -0.3 is 14.4 Å². The number of rotatable bonds is 5. The van der Waals surface area contributed by atoms with Crippen LogP contribution in [0.4, 0.5) is 15.3 Å². The number of benzene rings is 2. The first kappa shape index (κ1) is 23.6. The molecule has 2 aliphatic carbocycles. The molecular weight excluding hydrogens is 428 g/mol. The van der Waals surface area contributed by atoms with Gasteiger partial charge in [-0.25, -0.2) is 9.59 Å². The zero-order chi connectivity index (χ0) is 24.3. The number of hydrogen-bond acceptors (Lipinski definition) is 4. The Kier molecular flexibility index (Phi) is 6.77. The number of carbonyl (C=O) groups is 2. The molecule has 6 heteroatoms. The van der Waals surface area contributed by atoms with E-state index >= 15 is 0 Å². The zero-order valence-corrected chi connectivity index (χ0v) is 20.3. The highest BCUT2D eigenvalue weighted by Gasteiger charge is 2.32. The van der Waals surface area contributed by atoms with Gasteiger partial charge in [0, 0.05) is 25.2 Å². The molecule has 34 heavy (non-hydrogen) atoms. The fraction of sp³-hybridized carbons (Fsp3) is 0.357. The molecule has 178 valence electrons. The number of anilines is 1. The summed E-state index contributed by atoms with van der Waals surface area (Å²) in [6.45, 7) is 6.26. The lowest BCUT2D eigenvalue weighted by Gasteiger charge is -2.25. The highest BCUT2D eigenvalue weighted by molar-refractivity contribution is 5.85. The van der Waals surface area contributed by atoms with Crippen LogP contribution in [0.2, 0.25) is 0 Å². The van der Waals surface area contributed by atoms with Crippen molar-refractivity contribution in [1.82, 2.24) is 4.90 Å². The summed E-state index contributed by atoms with van der Waals surface area (Å²) < 4.78 is 11.1. The third-order valence-corrected chi connectivity index (χ3v) is 5.93. The van der Waals surface area contributed by atoms with Crippen LogP contribution in [-0.4, -0.2) is 36.3 Å². The highest BCUT2D eigenvalue weighted by atomic mass is 16.6. The van der Waals surface area contributed by atoms with Crippen LogP contribution in [0.1, 0.15) is 56.2 Å². The number of ether oxygens (including phenoxy) is 2. The van der Waals surface area contributed by atoms with Crippen LogP contribution >= 0.6 is 0 Å². The molecule has 6 nitrogen and oxygen atoms in total. The van der Waals surface area contributed by atoms with Crippen molar-refractivity contribution in [2.75, 3.05) is 19.0 Å². The van der Waals surface area contributed by atoms with Gasteiger partial charge in [0.1, 0.15) is 12.2 Å².